The fourth-order valence-electron chi connectivity index (χ4n) is 1.09. The molecule has 1 unspecified atom stereocenters. The fraction of sp³-hybridized carbons (Fsp3) is 0.700. The number of hydrogen-bond acceptors (Lipinski definition) is 5. The van der Waals surface area contributed by atoms with Crippen LogP contribution in [-0.4, -0.2) is 27.1 Å². The lowest BCUT2D eigenvalue weighted by Crippen LogP contribution is -2.49. The monoisotopic (exact) mass is 242 g/mol. The highest BCUT2D eigenvalue weighted by Gasteiger charge is 2.18. The molecule has 0 fully saturated rings. The lowest BCUT2D eigenvalue weighted by atomic mass is 10.1. The molecule has 6 heteroatoms. The van der Waals surface area contributed by atoms with Crippen molar-refractivity contribution in [1.29, 1.82) is 0 Å². The van der Waals surface area contributed by atoms with Crippen molar-refractivity contribution in [3.8, 4) is 0 Å². The van der Waals surface area contributed by atoms with Crippen molar-refractivity contribution < 1.29 is 4.79 Å². The van der Waals surface area contributed by atoms with Gasteiger partial charge in [-0.1, -0.05) is 4.49 Å². The Morgan fingerprint density at radius 3 is 2.75 bits per heavy atom. The quantitative estimate of drug-likeness (QED) is 0.824. The Labute approximate surface area is 99.8 Å². The van der Waals surface area contributed by atoms with Gasteiger partial charge in [-0.15, -0.1) is 5.10 Å². The largest absolute Gasteiger partial charge is 0.350 e. The third kappa shape index (κ3) is 4.67. The number of nitrogens with one attached hydrogen (secondary N) is 2. The van der Waals surface area contributed by atoms with Crippen molar-refractivity contribution in [2.45, 2.75) is 45.8 Å². The minimum atomic E-state index is -0.235. The van der Waals surface area contributed by atoms with E-state index in [4.69, 9.17) is 0 Å². The zero-order valence-corrected chi connectivity index (χ0v) is 10.9. The zero-order valence-electron chi connectivity index (χ0n) is 10.1. The van der Waals surface area contributed by atoms with Gasteiger partial charge >= 0.3 is 0 Å². The molecular weight excluding hydrogens is 224 g/mol. The van der Waals surface area contributed by atoms with E-state index in [1.165, 1.54) is 11.5 Å². The van der Waals surface area contributed by atoms with Gasteiger partial charge in [0.1, 0.15) is 0 Å². The summed E-state index contributed by atoms with van der Waals surface area (Å²) in [6.07, 6.45) is 0. The fourth-order valence-corrected chi connectivity index (χ4v) is 1.54. The highest BCUT2D eigenvalue weighted by Crippen LogP contribution is 2.00. The van der Waals surface area contributed by atoms with Gasteiger partial charge in [-0.25, -0.2) is 0 Å². The van der Waals surface area contributed by atoms with E-state index >= 15 is 0 Å². The van der Waals surface area contributed by atoms with Gasteiger partial charge < -0.3 is 10.6 Å². The predicted molar refractivity (Wildman–Crippen MR) is 64.1 cm³/mol. The molecule has 1 aromatic heterocycles. The molecular formula is C10H18N4OS. The van der Waals surface area contributed by atoms with E-state index in [-0.39, 0.29) is 17.5 Å². The summed E-state index contributed by atoms with van der Waals surface area (Å²) in [5.74, 6) is -0.00399. The second-order valence-corrected chi connectivity index (χ2v) is 5.35. The summed E-state index contributed by atoms with van der Waals surface area (Å²) in [6, 6.07) is -0.235. The Bertz CT molecular complexity index is 331. The second-order valence-electron chi connectivity index (χ2n) is 4.74. The normalized spacial score (nSPS) is 13.5. The highest BCUT2D eigenvalue weighted by molar-refractivity contribution is 7.03. The SMILES string of the molecule is CC(NCc1csnn1)C(=O)NC(C)(C)C. The van der Waals surface area contributed by atoms with Crippen molar-refractivity contribution in [2.24, 2.45) is 0 Å². The summed E-state index contributed by atoms with van der Waals surface area (Å²) in [6.45, 7) is 8.28. The molecule has 0 bridgehead atoms. The number of nitrogens with zero attached hydrogens (tertiary/aromatic N) is 2. The molecule has 1 atom stereocenters. The van der Waals surface area contributed by atoms with Gasteiger partial charge in [0.2, 0.25) is 5.91 Å². The Morgan fingerprint density at radius 2 is 2.25 bits per heavy atom. The topological polar surface area (TPSA) is 66.9 Å². The van der Waals surface area contributed by atoms with Crippen LogP contribution >= 0.6 is 11.5 Å². The minimum absolute atomic E-state index is 0.00399. The summed E-state index contributed by atoms with van der Waals surface area (Å²) in [5.41, 5.74) is 0.662. The first-order valence-electron chi connectivity index (χ1n) is 5.20. The predicted octanol–water partition coefficient (Wildman–Crippen LogP) is 0.931. The first-order chi connectivity index (χ1) is 7.38. The molecule has 16 heavy (non-hydrogen) atoms. The molecule has 0 aliphatic heterocycles. The molecule has 1 heterocycles. The van der Waals surface area contributed by atoms with E-state index in [1.54, 1.807) is 0 Å². The van der Waals surface area contributed by atoms with Crippen LogP contribution in [0.25, 0.3) is 0 Å². The molecule has 90 valence electrons. The number of hydrogen-bond donors (Lipinski definition) is 2. The standard InChI is InChI=1S/C10H18N4OS/c1-7(9(15)12-10(2,3)4)11-5-8-6-16-14-13-8/h6-7,11H,5H2,1-4H3,(H,12,15). The highest BCUT2D eigenvalue weighted by atomic mass is 32.1. The van der Waals surface area contributed by atoms with E-state index in [0.717, 1.165) is 5.69 Å². The average Bonchev–Trinajstić information content (AvgIpc) is 2.63. The number of aromatic nitrogens is 2. The maximum Gasteiger partial charge on any atom is 0.237 e. The molecule has 0 saturated heterocycles. The van der Waals surface area contributed by atoms with E-state index in [1.807, 2.05) is 33.1 Å². The van der Waals surface area contributed by atoms with Crippen molar-refractivity contribution in [3.63, 3.8) is 0 Å². The van der Waals surface area contributed by atoms with Crippen LogP contribution in [0.5, 0.6) is 0 Å². The second kappa shape index (κ2) is 5.36. The van der Waals surface area contributed by atoms with Gasteiger partial charge in [0.25, 0.3) is 0 Å². The molecule has 0 aromatic carbocycles. The molecule has 2 N–H and O–H groups in total. The maximum atomic E-state index is 11.7. The lowest BCUT2D eigenvalue weighted by Gasteiger charge is -2.23. The molecule has 0 spiro atoms. The number of carbonyl (C=O) groups excluding carboxylic acids is 1. The summed E-state index contributed by atoms with van der Waals surface area (Å²) < 4.78 is 3.76. The van der Waals surface area contributed by atoms with E-state index < -0.39 is 0 Å². The summed E-state index contributed by atoms with van der Waals surface area (Å²) >= 11 is 1.31. The van der Waals surface area contributed by atoms with Crippen molar-refractivity contribution in [2.75, 3.05) is 0 Å². The molecule has 5 nitrogen and oxygen atoms in total. The molecule has 1 aromatic rings. The Hall–Kier alpha value is -1.01. The Balaban J connectivity index is 2.35. The molecule has 1 amide bonds. The van der Waals surface area contributed by atoms with E-state index in [9.17, 15) is 4.79 Å². The molecule has 0 aliphatic carbocycles. The van der Waals surface area contributed by atoms with Gasteiger partial charge in [-0.3, -0.25) is 4.79 Å². The Morgan fingerprint density at radius 1 is 1.56 bits per heavy atom. The smallest absolute Gasteiger partial charge is 0.237 e. The first-order valence-corrected chi connectivity index (χ1v) is 6.03. The van der Waals surface area contributed by atoms with Crippen molar-refractivity contribution in [1.82, 2.24) is 20.2 Å². The third-order valence-electron chi connectivity index (χ3n) is 1.89. The minimum Gasteiger partial charge on any atom is -0.350 e. The van der Waals surface area contributed by atoms with Gasteiger partial charge in [-0.05, 0) is 39.2 Å². The molecule has 0 radical (unpaired) electrons. The van der Waals surface area contributed by atoms with E-state index in [2.05, 4.69) is 20.2 Å². The third-order valence-corrected chi connectivity index (χ3v) is 2.44. The lowest BCUT2D eigenvalue weighted by molar-refractivity contribution is -0.124. The van der Waals surface area contributed by atoms with Gasteiger partial charge in [0.15, 0.2) is 0 Å². The Kier molecular flexibility index (Phi) is 4.37. The first kappa shape index (κ1) is 13.1. The maximum absolute atomic E-state index is 11.7. The van der Waals surface area contributed by atoms with Gasteiger partial charge in [-0.2, -0.15) is 0 Å². The van der Waals surface area contributed by atoms with Gasteiger partial charge in [0, 0.05) is 17.5 Å². The molecule has 0 saturated carbocycles. The summed E-state index contributed by atoms with van der Waals surface area (Å²) in [5, 5.41) is 11.8. The number of amides is 1. The van der Waals surface area contributed by atoms with E-state index in [0.29, 0.717) is 6.54 Å². The number of rotatable bonds is 4. The average molecular weight is 242 g/mol. The summed E-state index contributed by atoms with van der Waals surface area (Å²) in [7, 11) is 0. The zero-order chi connectivity index (χ0) is 12.2. The van der Waals surface area contributed by atoms with Crippen LogP contribution in [0, 0.1) is 0 Å². The van der Waals surface area contributed by atoms with Crippen LogP contribution in [-0.2, 0) is 11.3 Å². The van der Waals surface area contributed by atoms with Crippen molar-refractivity contribution in [3.05, 3.63) is 11.1 Å². The number of carbonyl (C=O) groups is 1. The molecule has 0 aliphatic rings. The van der Waals surface area contributed by atoms with Crippen LogP contribution in [0.2, 0.25) is 0 Å². The molecule has 1 rings (SSSR count). The van der Waals surface area contributed by atoms with Crippen LogP contribution in [0.4, 0.5) is 0 Å². The van der Waals surface area contributed by atoms with Crippen LogP contribution < -0.4 is 10.6 Å². The van der Waals surface area contributed by atoms with Crippen molar-refractivity contribution >= 4 is 17.4 Å². The van der Waals surface area contributed by atoms with Gasteiger partial charge in [0.05, 0.1) is 11.7 Å². The van der Waals surface area contributed by atoms with Crippen LogP contribution in [0.3, 0.4) is 0 Å². The summed E-state index contributed by atoms with van der Waals surface area (Å²) in [4.78, 5) is 11.7. The van der Waals surface area contributed by atoms with Crippen LogP contribution in [0.1, 0.15) is 33.4 Å². The van der Waals surface area contributed by atoms with Crippen LogP contribution in [0.15, 0.2) is 5.38 Å².